The molecule has 1 saturated heterocycles. The van der Waals surface area contributed by atoms with Crippen LogP contribution in [0.5, 0.6) is 0 Å². The second kappa shape index (κ2) is 6.47. The van der Waals surface area contributed by atoms with Crippen LogP contribution in [0.2, 0.25) is 0 Å². The lowest BCUT2D eigenvalue weighted by Gasteiger charge is -2.38. The first-order valence-electron chi connectivity index (χ1n) is 6.42. The van der Waals surface area contributed by atoms with Gasteiger partial charge in [0.15, 0.2) is 0 Å². The Kier molecular flexibility index (Phi) is 5.20. The minimum absolute atomic E-state index is 0.0141. The summed E-state index contributed by atoms with van der Waals surface area (Å²) in [6.45, 7) is 3.11. The van der Waals surface area contributed by atoms with Gasteiger partial charge >= 0.3 is 6.03 Å². The molecular formula is C12H19N3O5. The van der Waals surface area contributed by atoms with Crippen molar-refractivity contribution in [1.82, 2.24) is 10.2 Å². The number of rotatable bonds is 7. The van der Waals surface area contributed by atoms with Crippen LogP contribution in [0.3, 0.4) is 0 Å². The standard InChI is InChI=1S/C12H19N3O5/c1-3-12(4-2)9(17)14-11(19)15(10(12)18)5-6-20-7-8(13)16/h3-7H2,1-2H3,(H2,13,16)(H,14,17,19). The van der Waals surface area contributed by atoms with Gasteiger partial charge in [-0.2, -0.15) is 0 Å². The van der Waals surface area contributed by atoms with Crippen LogP contribution >= 0.6 is 0 Å². The number of nitrogens with one attached hydrogen (secondary N) is 1. The zero-order chi connectivity index (χ0) is 15.3. The van der Waals surface area contributed by atoms with Crippen LogP contribution in [0, 0.1) is 5.41 Å². The van der Waals surface area contributed by atoms with Crippen LogP contribution in [0.25, 0.3) is 0 Å². The molecule has 0 unspecified atom stereocenters. The number of imide groups is 2. The van der Waals surface area contributed by atoms with E-state index in [0.717, 1.165) is 4.90 Å². The van der Waals surface area contributed by atoms with Gasteiger partial charge in [0.05, 0.1) is 13.2 Å². The van der Waals surface area contributed by atoms with Gasteiger partial charge in [0, 0.05) is 0 Å². The fraction of sp³-hybridized carbons (Fsp3) is 0.667. The van der Waals surface area contributed by atoms with E-state index < -0.39 is 29.2 Å². The third kappa shape index (κ3) is 2.96. The molecule has 1 fully saturated rings. The Hall–Kier alpha value is -1.96. The van der Waals surface area contributed by atoms with Crippen molar-refractivity contribution in [2.75, 3.05) is 19.8 Å². The van der Waals surface area contributed by atoms with Crippen molar-refractivity contribution in [3.8, 4) is 0 Å². The Morgan fingerprint density at radius 1 is 1.30 bits per heavy atom. The molecule has 0 bridgehead atoms. The van der Waals surface area contributed by atoms with Crippen LogP contribution in [-0.2, 0) is 19.1 Å². The van der Waals surface area contributed by atoms with Crippen molar-refractivity contribution in [3.63, 3.8) is 0 Å². The molecule has 0 aliphatic carbocycles. The maximum absolute atomic E-state index is 12.4. The maximum Gasteiger partial charge on any atom is 0.330 e. The molecule has 0 atom stereocenters. The molecule has 0 aromatic rings. The maximum atomic E-state index is 12.4. The van der Waals surface area contributed by atoms with Crippen molar-refractivity contribution in [2.24, 2.45) is 11.1 Å². The van der Waals surface area contributed by atoms with E-state index in [2.05, 4.69) is 5.32 Å². The van der Waals surface area contributed by atoms with E-state index in [1.54, 1.807) is 13.8 Å². The summed E-state index contributed by atoms with van der Waals surface area (Å²) in [6.07, 6.45) is 0.611. The topological polar surface area (TPSA) is 119 Å². The van der Waals surface area contributed by atoms with Crippen LogP contribution in [0.15, 0.2) is 0 Å². The van der Waals surface area contributed by atoms with E-state index in [1.165, 1.54) is 0 Å². The highest BCUT2D eigenvalue weighted by Gasteiger charge is 2.51. The summed E-state index contributed by atoms with van der Waals surface area (Å²) in [4.78, 5) is 47.4. The Morgan fingerprint density at radius 2 is 1.90 bits per heavy atom. The fourth-order valence-electron chi connectivity index (χ4n) is 2.14. The van der Waals surface area contributed by atoms with Crippen molar-refractivity contribution < 1.29 is 23.9 Å². The van der Waals surface area contributed by atoms with Crippen LogP contribution in [0.1, 0.15) is 26.7 Å². The third-order valence-electron chi connectivity index (χ3n) is 3.47. The lowest BCUT2D eigenvalue weighted by atomic mass is 9.78. The van der Waals surface area contributed by atoms with E-state index in [9.17, 15) is 19.2 Å². The Morgan fingerprint density at radius 3 is 2.40 bits per heavy atom. The van der Waals surface area contributed by atoms with Gasteiger partial charge in [-0.15, -0.1) is 0 Å². The summed E-state index contributed by atoms with van der Waals surface area (Å²) in [5.41, 5.74) is 3.69. The largest absolute Gasteiger partial charge is 0.370 e. The molecular weight excluding hydrogens is 266 g/mol. The number of nitrogens with zero attached hydrogens (tertiary/aromatic N) is 1. The van der Waals surface area contributed by atoms with Gasteiger partial charge in [-0.05, 0) is 12.8 Å². The molecule has 1 aliphatic heterocycles. The highest BCUT2D eigenvalue weighted by Crippen LogP contribution is 2.32. The monoisotopic (exact) mass is 285 g/mol. The van der Waals surface area contributed by atoms with Crippen molar-refractivity contribution in [3.05, 3.63) is 0 Å². The fourth-order valence-corrected chi connectivity index (χ4v) is 2.14. The smallest absolute Gasteiger partial charge is 0.330 e. The van der Waals surface area contributed by atoms with Crippen molar-refractivity contribution >= 4 is 23.8 Å². The molecule has 1 heterocycles. The minimum atomic E-state index is -1.21. The molecule has 8 nitrogen and oxygen atoms in total. The molecule has 0 aromatic heterocycles. The molecule has 0 spiro atoms. The highest BCUT2D eigenvalue weighted by molar-refractivity contribution is 6.19. The number of primary amides is 1. The van der Waals surface area contributed by atoms with Gasteiger partial charge in [-0.3, -0.25) is 24.6 Å². The van der Waals surface area contributed by atoms with E-state index in [4.69, 9.17) is 10.5 Å². The van der Waals surface area contributed by atoms with Crippen molar-refractivity contribution in [1.29, 1.82) is 0 Å². The van der Waals surface area contributed by atoms with Crippen LogP contribution < -0.4 is 11.1 Å². The second-order valence-corrected chi connectivity index (χ2v) is 4.52. The highest BCUT2D eigenvalue weighted by atomic mass is 16.5. The number of urea groups is 1. The molecule has 112 valence electrons. The Balaban J connectivity index is 2.75. The molecule has 1 aliphatic rings. The lowest BCUT2D eigenvalue weighted by Crippen LogP contribution is -2.64. The van der Waals surface area contributed by atoms with Gasteiger partial charge in [-0.1, -0.05) is 13.8 Å². The van der Waals surface area contributed by atoms with Gasteiger partial charge in [0.2, 0.25) is 17.7 Å². The second-order valence-electron chi connectivity index (χ2n) is 4.52. The summed E-state index contributed by atoms with van der Waals surface area (Å²) < 4.78 is 4.92. The summed E-state index contributed by atoms with van der Waals surface area (Å²) in [7, 11) is 0. The molecule has 0 aromatic carbocycles. The first-order valence-corrected chi connectivity index (χ1v) is 6.42. The summed E-state index contributed by atoms with van der Waals surface area (Å²) >= 11 is 0. The van der Waals surface area contributed by atoms with Crippen LogP contribution in [-0.4, -0.2) is 48.4 Å². The number of hydrogen-bond donors (Lipinski definition) is 2. The first-order chi connectivity index (χ1) is 9.39. The minimum Gasteiger partial charge on any atom is -0.370 e. The van der Waals surface area contributed by atoms with E-state index in [1.807, 2.05) is 0 Å². The molecule has 5 amide bonds. The number of hydrogen-bond acceptors (Lipinski definition) is 5. The van der Waals surface area contributed by atoms with Crippen LogP contribution in [0.4, 0.5) is 4.79 Å². The molecule has 8 heteroatoms. The normalized spacial score (nSPS) is 18.1. The van der Waals surface area contributed by atoms with Gasteiger partial charge in [0.1, 0.15) is 12.0 Å². The Labute approximate surface area is 116 Å². The molecule has 0 radical (unpaired) electrons. The number of ether oxygens (including phenoxy) is 1. The number of carbonyl (C=O) groups excluding carboxylic acids is 4. The quantitative estimate of drug-likeness (QED) is 0.477. The number of carbonyl (C=O) groups is 4. The predicted molar refractivity (Wildman–Crippen MR) is 68.3 cm³/mol. The summed E-state index contributed by atoms with van der Waals surface area (Å²) in [5, 5.41) is 2.18. The van der Waals surface area contributed by atoms with Crippen molar-refractivity contribution in [2.45, 2.75) is 26.7 Å². The van der Waals surface area contributed by atoms with E-state index >= 15 is 0 Å². The zero-order valence-corrected chi connectivity index (χ0v) is 11.6. The molecule has 1 rings (SSSR count). The van der Waals surface area contributed by atoms with Gasteiger partial charge < -0.3 is 10.5 Å². The number of nitrogens with two attached hydrogens (primary N) is 1. The zero-order valence-electron chi connectivity index (χ0n) is 11.6. The average molecular weight is 285 g/mol. The van der Waals surface area contributed by atoms with E-state index in [-0.39, 0.29) is 19.8 Å². The van der Waals surface area contributed by atoms with E-state index in [0.29, 0.717) is 12.8 Å². The predicted octanol–water partition coefficient (Wildman–Crippen LogP) is -0.627. The SMILES string of the molecule is CCC1(CC)C(=O)NC(=O)N(CCOCC(N)=O)C1=O. The average Bonchev–Trinajstić information content (AvgIpc) is 2.38. The summed E-state index contributed by atoms with van der Waals surface area (Å²) in [5.74, 6) is -1.73. The number of barbiturate groups is 1. The third-order valence-corrected chi connectivity index (χ3v) is 3.47. The number of amides is 5. The summed E-state index contributed by atoms with van der Waals surface area (Å²) in [6, 6.07) is -0.764. The molecule has 0 saturated carbocycles. The van der Waals surface area contributed by atoms with Gasteiger partial charge in [-0.25, -0.2) is 4.79 Å². The lowest BCUT2D eigenvalue weighted by molar-refractivity contribution is -0.152. The first kappa shape index (κ1) is 16.1. The molecule has 20 heavy (non-hydrogen) atoms. The molecule has 3 N–H and O–H groups in total. The van der Waals surface area contributed by atoms with Gasteiger partial charge in [0.25, 0.3) is 0 Å². The Bertz CT molecular complexity index is 431.